The molecule has 0 bridgehead atoms. The largest absolute Gasteiger partial charge is 0.325 e. The van der Waals surface area contributed by atoms with Crippen LogP contribution < -0.4 is 10.6 Å². The first-order chi connectivity index (χ1) is 13.0. The minimum atomic E-state index is -0.795. The second-order valence-electron chi connectivity index (χ2n) is 8.14. The Balaban J connectivity index is 1.39. The first-order valence-electron chi connectivity index (χ1n) is 10.1. The van der Waals surface area contributed by atoms with E-state index in [9.17, 15) is 14.4 Å². The number of amides is 4. The van der Waals surface area contributed by atoms with E-state index in [1.54, 1.807) is 0 Å². The van der Waals surface area contributed by atoms with Crippen molar-refractivity contribution < 1.29 is 14.4 Å². The van der Waals surface area contributed by atoms with Crippen LogP contribution in [0.2, 0.25) is 0 Å². The molecule has 144 valence electrons. The van der Waals surface area contributed by atoms with Gasteiger partial charge in [-0.15, -0.1) is 0 Å². The molecular weight excluding hydrogens is 342 g/mol. The van der Waals surface area contributed by atoms with Gasteiger partial charge in [0.05, 0.1) is 0 Å². The zero-order chi connectivity index (χ0) is 19.0. The lowest BCUT2D eigenvalue weighted by Crippen LogP contribution is -2.49. The van der Waals surface area contributed by atoms with Crippen molar-refractivity contribution in [2.75, 3.05) is 11.9 Å². The molecule has 1 saturated heterocycles. The number of imide groups is 1. The lowest BCUT2D eigenvalue weighted by Gasteiger charge is -2.34. The second-order valence-corrected chi connectivity index (χ2v) is 8.14. The van der Waals surface area contributed by atoms with E-state index < -0.39 is 11.6 Å². The predicted octanol–water partition coefficient (Wildman–Crippen LogP) is 3.00. The summed E-state index contributed by atoms with van der Waals surface area (Å²) in [5.74, 6) is 0.0411. The fourth-order valence-corrected chi connectivity index (χ4v) is 4.73. The Bertz CT molecular complexity index is 781. The number of hydrogen-bond donors (Lipinski definition) is 2. The highest BCUT2D eigenvalue weighted by Crippen LogP contribution is 2.37. The fraction of sp³-hybridized carbons (Fsp3) is 0.571. The van der Waals surface area contributed by atoms with Crippen LogP contribution in [0.5, 0.6) is 0 Å². The Hall–Kier alpha value is -2.37. The summed E-state index contributed by atoms with van der Waals surface area (Å²) in [7, 11) is 0. The molecule has 1 aromatic carbocycles. The highest BCUT2D eigenvalue weighted by Gasteiger charge is 2.52. The van der Waals surface area contributed by atoms with Crippen molar-refractivity contribution in [3.8, 4) is 0 Å². The van der Waals surface area contributed by atoms with Gasteiger partial charge in [-0.3, -0.25) is 14.5 Å². The van der Waals surface area contributed by atoms with Crippen LogP contribution in [0.25, 0.3) is 0 Å². The van der Waals surface area contributed by atoms with Gasteiger partial charge in [0.2, 0.25) is 5.91 Å². The molecule has 1 spiro atoms. The average Bonchev–Trinajstić information content (AvgIpc) is 3.21. The summed E-state index contributed by atoms with van der Waals surface area (Å²) in [4.78, 5) is 38.8. The predicted molar refractivity (Wildman–Crippen MR) is 102 cm³/mol. The van der Waals surface area contributed by atoms with E-state index in [4.69, 9.17) is 0 Å². The van der Waals surface area contributed by atoms with E-state index in [1.165, 1.54) is 11.1 Å². The van der Waals surface area contributed by atoms with Crippen LogP contribution in [0.3, 0.4) is 0 Å². The monoisotopic (exact) mass is 369 g/mol. The molecular formula is C21H27N3O3. The van der Waals surface area contributed by atoms with Gasteiger partial charge < -0.3 is 10.6 Å². The zero-order valence-electron chi connectivity index (χ0n) is 15.8. The normalized spacial score (nSPS) is 27.0. The maximum Gasteiger partial charge on any atom is 0.325 e. The number of benzene rings is 1. The second kappa shape index (κ2) is 6.98. The van der Waals surface area contributed by atoms with Gasteiger partial charge in [-0.2, -0.15) is 0 Å². The third-order valence-corrected chi connectivity index (χ3v) is 6.47. The van der Waals surface area contributed by atoms with Crippen molar-refractivity contribution in [1.82, 2.24) is 10.2 Å². The summed E-state index contributed by atoms with van der Waals surface area (Å²) in [6, 6.07) is 5.49. The number of aryl methyl sites for hydroxylation is 2. The van der Waals surface area contributed by atoms with Crippen LogP contribution in [0.15, 0.2) is 18.2 Å². The van der Waals surface area contributed by atoms with E-state index in [0.717, 1.165) is 49.1 Å². The number of hydrogen-bond acceptors (Lipinski definition) is 3. The summed E-state index contributed by atoms with van der Waals surface area (Å²) in [5, 5.41) is 5.71. The molecule has 6 nitrogen and oxygen atoms in total. The minimum absolute atomic E-state index is 0.235. The number of carbonyl (C=O) groups excluding carboxylic acids is 3. The average molecular weight is 369 g/mol. The molecule has 1 heterocycles. The molecule has 2 N–H and O–H groups in total. The summed E-state index contributed by atoms with van der Waals surface area (Å²) < 4.78 is 0. The van der Waals surface area contributed by atoms with Crippen LogP contribution in [0.1, 0.15) is 56.6 Å². The third kappa shape index (κ3) is 3.33. The molecule has 2 fully saturated rings. The van der Waals surface area contributed by atoms with Crippen LogP contribution in [-0.2, 0) is 22.4 Å². The van der Waals surface area contributed by atoms with Gasteiger partial charge in [0.15, 0.2) is 0 Å². The summed E-state index contributed by atoms with van der Waals surface area (Å²) in [6.07, 6.45) is 7.59. The number of rotatable bonds is 4. The Labute approximate surface area is 159 Å². The molecule has 0 radical (unpaired) electrons. The molecule has 2 aliphatic carbocycles. The Morgan fingerprint density at radius 2 is 1.96 bits per heavy atom. The maximum atomic E-state index is 12.9. The molecule has 0 aromatic heterocycles. The molecule has 27 heavy (non-hydrogen) atoms. The highest BCUT2D eigenvalue weighted by molar-refractivity contribution is 6.10. The van der Waals surface area contributed by atoms with Crippen LogP contribution in [0, 0.1) is 5.92 Å². The number of nitrogens with one attached hydrogen (secondary N) is 2. The number of urea groups is 1. The number of nitrogens with zero attached hydrogens (tertiary/aromatic N) is 1. The van der Waals surface area contributed by atoms with Crippen LogP contribution in [-0.4, -0.2) is 34.8 Å². The maximum absolute atomic E-state index is 12.9. The molecule has 0 atom stereocenters. The standard InChI is InChI=1S/C21H27N3O3/c1-2-14-8-10-21(11-9-14)19(26)24(20(27)23-21)13-18(25)22-17-7-6-15-4-3-5-16(15)12-17/h6-7,12,14H,2-5,8-11,13H2,1H3,(H,22,25)(H,23,27). The molecule has 1 aromatic rings. The number of anilines is 1. The molecule has 1 aliphatic heterocycles. The topological polar surface area (TPSA) is 78.5 Å². The van der Waals surface area contributed by atoms with E-state index in [2.05, 4.69) is 17.6 Å². The molecule has 0 unspecified atom stereocenters. The minimum Gasteiger partial charge on any atom is -0.325 e. The fourth-order valence-electron chi connectivity index (χ4n) is 4.73. The van der Waals surface area contributed by atoms with Gasteiger partial charge in [0.25, 0.3) is 5.91 Å². The van der Waals surface area contributed by atoms with Crippen molar-refractivity contribution in [2.45, 2.75) is 63.8 Å². The van der Waals surface area contributed by atoms with Crippen LogP contribution >= 0.6 is 0 Å². The lowest BCUT2D eigenvalue weighted by atomic mass is 9.75. The van der Waals surface area contributed by atoms with Gasteiger partial charge in [-0.25, -0.2) is 4.79 Å². The summed E-state index contributed by atoms with van der Waals surface area (Å²) >= 11 is 0. The summed E-state index contributed by atoms with van der Waals surface area (Å²) in [5.41, 5.74) is 2.54. The van der Waals surface area contributed by atoms with E-state index in [1.807, 2.05) is 18.2 Å². The van der Waals surface area contributed by atoms with Gasteiger partial charge in [0, 0.05) is 5.69 Å². The van der Waals surface area contributed by atoms with Gasteiger partial charge in [-0.1, -0.05) is 19.4 Å². The molecule has 1 saturated carbocycles. The van der Waals surface area contributed by atoms with Crippen molar-refractivity contribution in [2.24, 2.45) is 5.92 Å². The molecule has 6 heteroatoms. The van der Waals surface area contributed by atoms with E-state index >= 15 is 0 Å². The lowest BCUT2D eigenvalue weighted by molar-refractivity contribution is -0.135. The molecule has 3 aliphatic rings. The number of fused-ring (bicyclic) bond motifs is 1. The number of carbonyl (C=O) groups is 3. The Morgan fingerprint density at radius 1 is 1.22 bits per heavy atom. The Morgan fingerprint density at radius 3 is 2.70 bits per heavy atom. The van der Waals surface area contributed by atoms with E-state index in [0.29, 0.717) is 18.8 Å². The van der Waals surface area contributed by atoms with Gasteiger partial charge in [-0.05, 0) is 74.1 Å². The van der Waals surface area contributed by atoms with Gasteiger partial charge >= 0.3 is 6.03 Å². The van der Waals surface area contributed by atoms with E-state index in [-0.39, 0.29) is 18.4 Å². The van der Waals surface area contributed by atoms with Gasteiger partial charge in [0.1, 0.15) is 12.1 Å². The quantitative estimate of drug-likeness (QED) is 0.801. The van der Waals surface area contributed by atoms with Crippen molar-refractivity contribution in [3.05, 3.63) is 29.3 Å². The molecule has 4 rings (SSSR count). The van der Waals surface area contributed by atoms with Crippen molar-refractivity contribution >= 4 is 23.5 Å². The third-order valence-electron chi connectivity index (χ3n) is 6.47. The highest BCUT2D eigenvalue weighted by atomic mass is 16.2. The van der Waals surface area contributed by atoms with Crippen molar-refractivity contribution in [1.29, 1.82) is 0 Å². The zero-order valence-corrected chi connectivity index (χ0v) is 15.8. The Kier molecular flexibility index (Phi) is 4.66. The van der Waals surface area contributed by atoms with Crippen molar-refractivity contribution in [3.63, 3.8) is 0 Å². The molecule has 4 amide bonds. The summed E-state index contributed by atoms with van der Waals surface area (Å²) in [6.45, 7) is 1.92. The SMILES string of the molecule is CCC1CCC2(CC1)NC(=O)N(CC(=O)Nc1ccc3c(c1)CCC3)C2=O. The van der Waals surface area contributed by atoms with Crippen LogP contribution in [0.4, 0.5) is 10.5 Å². The smallest absolute Gasteiger partial charge is 0.325 e. The first-order valence-corrected chi connectivity index (χ1v) is 10.1. The first kappa shape index (κ1) is 18.0.